The summed E-state index contributed by atoms with van der Waals surface area (Å²) in [4.78, 5) is 15.0. The third kappa shape index (κ3) is 4.40. The van der Waals surface area contributed by atoms with E-state index in [1.807, 2.05) is 19.1 Å². The van der Waals surface area contributed by atoms with E-state index in [0.29, 0.717) is 19.6 Å². The van der Waals surface area contributed by atoms with Crippen LogP contribution in [-0.2, 0) is 9.53 Å². The van der Waals surface area contributed by atoms with Crippen LogP contribution in [0.3, 0.4) is 0 Å². The van der Waals surface area contributed by atoms with Crippen molar-refractivity contribution in [2.75, 3.05) is 13.2 Å². The van der Waals surface area contributed by atoms with Crippen LogP contribution in [0.4, 0.5) is 0 Å². The average molecular weight is 222 g/mol. The standard InChI is InChI=1S/C12H18N2O2/c1-3-16-12(15)6-9-14-10(2)11-4-7-13-8-5-11/h4-5,7-8,10,14H,3,6,9H2,1-2H3. The number of ether oxygens (including phenoxy) is 1. The molecular formula is C12H18N2O2. The molecule has 1 aromatic rings. The van der Waals surface area contributed by atoms with Crippen molar-refractivity contribution in [2.24, 2.45) is 0 Å². The van der Waals surface area contributed by atoms with Crippen LogP contribution in [0.25, 0.3) is 0 Å². The zero-order chi connectivity index (χ0) is 11.8. The van der Waals surface area contributed by atoms with Crippen LogP contribution in [0.5, 0.6) is 0 Å². The molecule has 0 bridgehead atoms. The number of nitrogens with one attached hydrogen (secondary N) is 1. The molecule has 1 unspecified atom stereocenters. The number of hydrogen-bond donors (Lipinski definition) is 1. The number of pyridine rings is 1. The first kappa shape index (κ1) is 12.6. The number of carbonyl (C=O) groups excluding carboxylic acids is 1. The molecule has 0 saturated heterocycles. The number of carbonyl (C=O) groups is 1. The molecule has 0 aliphatic heterocycles. The van der Waals surface area contributed by atoms with Gasteiger partial charge >= 0.3 is 5.97 Å². The van der Waals surface area contributed by atoms with Gasteiger partial charge in [-0.15, -0.1) is 0 Å². The van der Waals surface area contributed by atoms with E-state index in [1.165, 1.54) is 5.56 Å². The highest BCUT2D eigenvalue weighted by molar-refractivity contribution is 5.69. The molecule has 1 atom stereocenters. The van der Waals surface area contributed by atoms with Crippen molar-refractivity contribution in [3.63, 3.8) is 0 Å². The zero-order valence-electron chi connectivity index (χ0n) is 9.77. The van der Waals surface area contributed by atoms with Crippen LogP contribution >= 0.6 is 0 Å². The summed E-state index contributed by atoms with van der Waals surface area (Å²) in [5.41, 5.74) is 1.17. The van der Waals surface area contributed by atoms with Crippen LogP contribution in [-0.4, -0.2) is 24.1 Å². The Morgan fingerprint density at radius 1 is 1.50 bits per heavy atom. The predicted molar refractivity (Wildman–Crippen MR) is 61.9 cm³/mol. The van der Waals surface area contributed by atoms with Crippen LogP contribution < -0.4 is 5.32 Å². The van der Waals surface area contributed by atoms with Crippen LogP contribution in [0.15, 0.2) is 24.5 Å². The summed E-state index contributed by atoms with van der Waals surface area (Å²) in [5.74, 6) is -0.156. The number of esters is 1. The van der Waals surface area contributed by atoms with Gasteiger partial charge in [-0.2, -0.15) is 0 Å². The minimum Gasteiger partial charge on any atom is -0.466 e. The molecule has 0 amide bonds. The van der Waals surface area contributed by atoms with Crippen molar-refractivity contribution in [2.45, 2.75) is 26.3 Å². The maximum atomic E-state index is 11.1. The fourth-order valence-corrected chi connectivity index (χ4v) is 1.39. The molecule has 0 aromatic carbocycles. The zero-order valence-corrected chi connectivity index (χ0v) is 9.77. The van der Waals surface area contributed by atoms with E-state index >= 15 is 0 Å². The summed E-state index contributed by atoms with van der Waals surface area (Å²) < 4.78 is 4.84. The molecule has 1 N–H and O–H groups in total. The third-order valence-corrected chi connectivity index (χ3v) is 2.29. The number of rotatable bonds is 6. The van der Waals surface area contributed by atoms with Gasteiger partial charge in [0.1, 0.15) is 0 Å². The molecule has 0 aliphatic carbocycles. The molecule has 1 aromatic heterocycles. The Kier molecular flexibility index (Phi) is 5.50. The smallest absolute Gasteiger partial charge is 0.307 e. The van der Waals surface area contributed by atoms with E-state index in [-0.39, 0.29) is 12.0 Å². The van der Waals surface area contributed by atoms with Crippen LogP contribution in [0.1, 0.15) is 31.9 Å². The van der Waals surface area contributed by atoms with Gasteiger partial charge in [0.05, 0.1) is 13.0 Å². The van der Waals surface area contributed by atoms with Gasteiger partial charge < -0.3 is 10.1 Å². The molecule has 1 rings (SSSR count). The average Bonchev–Trinajstić information content (AvgIpc) is 2.30. The lowest BCUT2D eigenvalue weighted by atomic mass is 10.1. The second-order valence-corrected chi connectivity index (χ2v) is 3.51. The maximum absolute atomic E-state index is 11.1. The molecule has 0 radical (unpaired) electrons. The van der Waals surface area contributed by atoms with Crippen molar-refractivity contribution in [3.8, 4) is 0 Å². The van der Waals surface area contributed by atoms with E-state index in [0.717, 1.165) is 0 Å². The lowest BCUT2D eigenvalue weighted by Gasteiger charge is -2.13. The Hall–Kier alpha value is -1.42. The Labute approximate surface area is 96.0 Å². The molecule has 0 aliphatic rings. The molecule has 0 saturated carbocycles. The molecular weight excluding hydrogens is 204 g/mol. The first-order chi connectivity index (χ1) is 7.74. The molecule has 0 fully saturated rings. The fraction of sp³-hybridized carbons (Fsp3) is 0.500. The summed E-state index contributed by atoms with van der Waals surface area (Å²) in [7, 11) is 0. The summed E-state index contributed by atoms with van der Waals surface area (Å²) in [5, 5.41) is 3.26. The maximum Gasteiger partial charge on any atom is 0.307 e. The van der Waals surface area contributed by atoms with E-state index in [1.54, 1.807) is 12.4 Å². The van der Waals surface area contributed by atoms with E-state index in [9.17, 15) is 4.79 Å². The quantitative estimate of drug-likeness (QED) is 0.744. The summed E-state index contributed by atoms with van der Waals surface area (Å²) in [6, 6.07) is 4.14. The highest BCUT2D eigenvalue weighted by atomic mass is 16.5. The Balaban J connectivity index is 2.26. The largest absolute Gasteiger partial charge is 0.466 e. The summed E-state index contributed by atoms with van der Waals surface area (Å²) in [6.45, 7) is 4.94. The summed E-state index contributed by atoms with van der Waals surface area (Å²) in [6.07, 6.45) is 3.93. The second kappa shape index (κ2) is 6.95. The molecule has 1 heterocycles. The monoisotopic (exact) mass is 222 g/mol. The van der Waals surface area contributed by atoms with Gasteiger partial charge in [0.2, 0.25) is 0 Å². The van der Waals surface area contributed by atoms with E-state index in [2.05, 4.69) is 17.2 Å². The molecule has 16 heavy (non-hydrogen) atoms. The Morgan fingerprint density at radius 2 is 2.19 bits per heavy atom. The highest BCUT2D eigenvalue weighted by Crippen LogP contribution is 2.09. The number of nitrogens with zero attached hydrogens (tertiary/aromatic N) is 1. The van der Waals surface area contributed by atoms with Crippen molar-refractivity contribution in [1.29, 1.82) is 0 Å². The minimum absolute atomic E-state index is 0.156. The van der Waals surface area contributed by atoms with Gasteiger partial charge in [-0.1, -0.05) is 0 Å². The molecule has 0 spiro atoms. The lowest BCUT2D eigenvalue weighted by molar-refractivity contribution is -0.143. The van der Waals surface area contributed by atoms with Crippen LogP contribution in [0.2, 0.25) is 0 Å². The van der Waals surface area contributed by atoms with E-state index in [4.69, 9.17) is 4.74 Å². The SMILES string of the molecule is CCOC(=O)CCNC(C)c1ccncc1. The first-order valence-electron chi connectivity index (χ1n) is 5.53. The van der Waals surface area contributed by atoms with Gasteiger partial charge in [-0.3, -0.25) is 9.78 Å². The summed E-state index contributed by atoms with van der Waals surface area (Å²) >= 11 is 0. The van der Waals surface area contributed by atoms with Crippen molar-refractivity contribution < 1.29 is 9.53 Å². The normalized spacial score (nSPS) is 12.1. The predicted octanol–water partition coefficient (Wildman–Crippen LogP) is 1.69. The Bertz CT molecular complexity index is 314. The fourth-order valence-electron chi connectivity index (χ4n) is 1.39. The molecule has 4 heteroatoms. The van der Waals surface area contributed by atoms with Gasteiger partial charge in [-0.05, 0) is 31.5 Å². The molecule has 88 valence electrons. The first-order valence-corrected chi connectivity index (χ1v) is 5.53. The van der Waals surface area contributed by atoms with Crippen molar-refractivity contribution in [1.82, 2.24) is 10.3 Å². The van der Waals surface area contributed by atoms with Crippen molar-refractivity contribution >= 4 is 5.97 Å². The molecule has 4 nitrogen and oxygen atoms in total. The Morgan fingerprint density at radius 3 is 2.81 bits per heavy atom. The highest BCUT2D eigenvalue weighted by Gasteiger charge is 2.05. The third-order valence-electron chi connectivity index (χ3n) is 2.29. The van der Waals surface area contributed by atoms with Gasteiger partial charge in [0, 0.05) is 25.0 Å². The lowest BCUT2D eigenvalue weighted by Crippen LogP contribution is -2.22. The number of aromatic nitrogens is 1. The topological polar surface area (TPSA) is 51.2 Å². The van der Waals surface area contributed by atoms with Gasteiger partial charge in [0.25, 0.3) is 0 Å². The van der Waals surface area contributed by atoms with E-state index < -0.39 is 0 Å². The second-order valence-electron chi connectivity index (χ2n) is 3.51. The minimum atomic E-state index is -0.156. The van der Waals surface area contributed by atoms with Gasteiger partial charge in [-0.25, -0.2) is 0 Å². The van der Waals surface area contributed by atoms with Gasteiger partial charge in [0.15, 0.2) is 0 Å². The van der Waals surface area contributed by atoms with Crippen molar-refractivity contribution in [3.05, 3.63) is 30.1 Å². The number of hydrogen-bond acceptors (Lipinski definition) is 4. The van der Waals surface area contributed by atoms with Crippen LogP contribution in [0, 0.1) is 0 Å².